The van der Waals surface area contributed by atoms with E-state index in [-0.39, 0.29) is 47.5 Å². The number of aromatic nitrogens is 2. The predicted octanol–water partition coefficient (Wildman–Crippen LogP) is 3.49. The Labute approximate surface area is 218 Å². The maximum atomic E-state index is 13.9. The lowest BCUT2D eigenvalue weighted by Gasteiger charge is -2.37. The number of nitrogens with one attached hydrogen (secondary N) is 1. The number of Topliss-reactive ketones (excluding diaryl/α,β-unsaturated/α-hetero) is 1. The number of amides is 2. The highest BCUT2D eigenvalue weighted by Crippen LogP contribution is 2.43. The molecule has 2 amide bonds. The first-order chi connectivity index (χ1) is 17.6. The standard InChI is InChI=1S/C28H40N4O5/c1-28(2,3)24(26(35)32-16-18-10-7-11-19(18)23(32)27(36)37)31-25(34)20(17-8-5-4-6-9-17)14-22(33)21-15-29-12-13-30-21/h12-13,15,17-20,23-24H,4-11,14,16H2,1-3H3,(H,31,34)(H,36,37)/t18-,19-,20+,23-,24+/m0/s1. The van der Waals surface area contributed by atoms with Gasteiger partial charge in [-0.25, -0.2) is 9.78 Å². The highest BCUT2D eigenvalue weighted by Gasteiger charge is 2.52. The van der Waals surface area contributed by atoms with E-state index in [2.05, 4.69) is 15.3 Å². The summed E-state index contributed by atoms with van der Waals surface area (Å²) < 4.78 is 0. The van der Waals surface area contributed by atoms with Gasteiger partial charge in [0.15, 0.2) is 5.78 Å². The fourth-order valence-corrected chi connectivity index (χ4v) is 6.67. The quantitative estimate of drug-likeness (QED) is 0.510. The molecule has 0 bridgehead atoms. The summed E-state index contributed by atoms with van der Waals surface area (Å²) in [5.74, 6) is -2.25. The third-order valence-corrected chi connectivity index (χ3v) is 8.64. The van der Waals surface area contributed by atoms with Crippen molar-refractivity contribution in [2.75, 3.05) is 6.54 Å². The van der Waals surface area contributed by atoms with Crippen molar-refractivity contribution >= 4 is 23.6 Å². The number of carbonyl (C=O) groups excluding carboxylic acids is 3. The van der Waals surface area contributed by atoms with Crippen LogP contribution in [0.1, 0.15) is 89.0 Å². The number of ketones is 1. The van der Waals surface area contributed by atoms with E-state index in [1.165, 1.54) is 23.5 Å². The topological polar surface area (TPSA) is 130 Å². The van der Waals surface area contributed by atoms with Gasteiger partial charge in [0.2, 0.25) is 11.8 Å². The molecule has 1 saturated heterocycles. The Bertz CT molecular complexity index is 1000. The van der Waals surface area contributed by atoms with E-state index in [4.69, 9.17) is 0 Å². The first-order valence-electron chi connectivity index (χ1n) is 13.7. The molecular formula is C28H40N4O5. The SMILES string of the molecule is CC(C)(C)[C@H](NC(=O)[C@H](CC(=O)c1cnccn1)C1CCCCC1)C(=O)N1C[C@@H]2CCC[C@@H]2[C@H]1C(=O)O. The van der Waals surface area contributed by atoms with Crippen molar-refractivity contribution in [2.45, 2.75) is 90.6 Å². The molecule has 3 fully saturated rings. The number of fused-ring (bicyclic) bond motifs is 1. The van der Waals surface area contributed by atoms with E-state index < -0.39 is 29.4 Å². The van der Waals surface area contributed by atoms with Crippen LogP contribution < -0.4 is 5.32 Å². The van der Waals surface area contributed by atoms with Crippen LogP contribution in [0.25, 0.3) is 0 Å². The summed E-state index contributed by atoms with van der Waals surface area (Å²) in [4.78, 5) is 62.5. The third kappa shape index (κ3) is 6.02. The van der Waals surface area contributed by atoms with E-state index in [0.717, 1.165) is 51.4 Å². The van der Waals surface area contributed by atoms with Crippen LogP contribution in [0.5, 0.6) is 0 Å². The Morgan fingerprint density at radius 1 is 1.05 bits per heavy atom. The van der Waals surface area contributed by atoms with Crippen LogP contribution in [0.3, 0.4) is 0 Å². The smallest absolute Gasteiger partial charge is 0.326 e. The van der Waals surface area contributed by atoms with Crippen molar-refractivity contribution in [1.82, 2.24) is 20.2 Å². The minimum absolute atomic E-state index is 0.00581. The minimum atomic E-state index is -0.976. The normalized spacial score (nSPS) is 25.8. The Morgan fingerprint density at radius 2 is 1.78 bits per heavy atom. The van der Waals surface area contributed by atoms with Crippen molar-refractivity contribution in [2.24, 2.45) is 29.1 Å². The molecule has 0 aromatic carbocycles. The molecule has 2 N–H and O–H groups in total. The van der Waals surface area contributed by atoms with E-state index in [9.17, 15) is 24.3 Å². The molecule has 0 spiro atoms. The average molecular weight is 513 g/mol. The molecule has 1 aromatic rings. The van der Waals surface area contributed by atoms with Gasteiger partial charge in [0.25, 0.3) is 0 Å². The second kappa shape index (κ2) is 11.3. The molecule has 0 radical (unpaired) electrons. The molecule has 2 aliphatic carbocycles. The molecule has 1 aliphatic heterocycles. The van der Waals surface area contributed by atoms with Crippen LogP contribution in [-0.2, 0) is 14.4 Å². The van der Waals surface area contributed by atoms with Gasteiger partial charge < -0.3 is 15.3 Å². The highest BCUT2D eigenvalue weighted by molar-refractivity contribution is 5.98. The fourth-order valence-electron chi connectivity index (χ4n) is 6.67. The average Bonchev–Trinajstić information content (AvgIpc) is 3.47. The number of aliphatic carboxylic acids is 1. The van der Waals surface area contributed by atoms with Gasteiger partial charge >= 0.3 is 5.97 Å². The van der Waals surface area contributed by atoms with Gasteiger partial charge in [-0.05, 0) is 48.9 Å². The summed E-state index contributed by atoms with van der Waals surface area (Å²) in [5.41, 5.74) is -0.410. The second-order valence-corrected chi connectivity index (χ2v) is 12.2. The van der Waals surface area contributed by atoms with Gasteiger partial charge in [-0.2, -0.15) is 0 Å². The van der Waals surface area contributed by atoms with Crippen LogP contribution in [-0.4, -0.2) is 62.2 Å². The van der Waals surface area contributed by atoms with Crippen LogP contribution in [0.4, 0.5) is 0 Å². The first-order valence-corrected chi connectivity index (χ1v) is 13.7. The van der Waals surface area contributed by atoms with Crippen molar-refractivity contribution in [3.8, 4) is 0 Å². The van der Waals surface area contributed by atoms with Crippen molar-refractivity contribution < 1.29 is 24.3 Å². The number of rotatable bonds is 8. The molecule has 3 aliphatic rings. The third-order valence-electron chi connectivity index (χ3n) is 8.64. The van der Waals surface area contributed by atoms with Crippen LogP contribution in [0, 0.1) is 29.1 Å². The van der Waals surface area contributed by atoms with E-state index in [0.29, 0.717) is 6.54 Å². The summed E-state index contributed by atoms with van der Waals surface area (Å²) in [5, 5.41) is 13.0. The highest BCUT2D eigenvalue weighted by atomic mass is 16.4. The molecule has 4 rings (SSSR count). The van der Waals surface area contributed by atoms with Gasteiger partial charge in [-0.3, -0.25) is 19.4 Å². The summed E-state index contributed by atoms with van der Waals surface area (Å²) >= 11 is 0. The summed E-state index contributed by atoms with van der Waals surface area (Å²) in [6.07, 6.45) is 11.9. The number of carboxylic acids is 1. The molecular weight excluding hydrogens is 472 g/mol. The predicted molar refractivity (Wildman–Crippen MR) is 136 cm³/mol. The number of hydrogen-bond acceptors (Lipinski definition) is 6. The second-order valence-electron chi connectivity index (χ2n) is 12.2. The van der Waals surface area contributed by atoms with E-state index in [1.54, 1.807) is 0 Å². The van der Waals surface area contributed by atoms with Gasteiger partial charge in [-0.15, -0.1) is 0 Å². The Morgan fingerprint density at radius 3 is 2.41 bits per heavy atom. The number of hydrogen-bond donors (Lipinski definition) is 2. The Balaban J connectivity index is 1.56. The Hall–Kier alpha value is -2.84. The number of likely N-dealkylation sites (tertiary alicyclic amines) is 1. The summed E-state index contributed by atoms with van der Waals surface area (Å²) in [6, 6.07) is -1.74. The zero-order chi connectivity index (χ0) is 26.7. The van der Waals surface area contributed by atoms with Gasteiger partial charge in [0.1, 0.15) is 17.8 Å². The first kappa shape index (κ1) is 27.2. The monoisotopic (exact) mass is 512 g/mol. The van der Waals surface area contributed by atoms with Crippen LogP contribution >= 0.6 is 0 Å². The largest absolute Gasteiger partial charge is 0.480 e. The molecule has 202 valence electrons. The van der Waals surface area contributed by atoms with Crippen LogP contribution in [0.2, 0.25) is 0 Å². The lowest BCUT2D eigenvalue weighted by molar-refractivity contribution is -0.152. The molecule has 9 heteroatoms. The molecule has 2 heterocycles. The van der Waals surface area contributed by atoms with Gasteiger partial charge in [-0.1, -0.05) is 46.5 Å². The number of carboxylic acid groups (broad SMARTS) is 1. The maximum absolute atomic E-state index is 13.9. The van der Waals surface area contributed by atoms with Gasteiger partial charge in [0.05, 0.1) is 6.20 Å². The number of carbonyl (C=O) groups is 4. The van der Waals surface area contributed by atoms with E-state index in [1.807, 2.05) is 20.8 Å². The van der Waals surface area contributed by atoms with Crippen molar-refractivity contribution in [3.63, 3.8) is 0 Å². The molecule has 2 saturated carbocycles. The molecule has 0 unspecified atom stereocenters. The van der Waals surface area contributed by atoms with Gasteiger partial charge in [0, 0.05) is 31.3 Å². The molecule has 5 atom stereocenters. The molecule has 9 nitrogen and oxygen atoms in total. The minimum Gasteiger partial charge on any atom is -0.480 e. The van der Waals surface area contributed by atoms with Crippen LogP contribution in [0.15, 0.2) is 18.6 Å². The lowest BCUT2D eigenvalue weighted by atomic mass is 9.76. The Kier molecular flexibility index (Phi) is 8.29. The van der Waals surface area contributed by atoms with E-state index >= 15 is 0 Å². The van der Waals surface area contributed by atoms with Crippen molar-refractivity contribution in [1.29, 1.82) is 0 Å². The molecule has 37 heavy (non-hydrogen) atoms. The maximum Gasteiger partial charge on any atom is 0.326 e. The van der Waals surface area contributed by atoms with Crippen molar-refractivity contribution in [3.05, 3.63) is 24.3 Å². The molecule has 1 aromatic heterocycles. The zero-order valence-corrected chi connectivity index (χ0v) is 22.2. The summed E-state index contributed by atoms with van der Waals surface area (Å²) in [6.45, 7) is 6.05. The number of nitrogens with zero attached hydrogens (tertiary/aromatic N) is 3. The zero-order valence-electron chi connectivity index (χ0n) is 22.2. The summed E-state index contributed by atoms with van der Waals surface area (Å²) in [7, 11) is 0. The fraction of sp³-hybridized carbons (Fsp3) is 0.714. The lowest BCUT2D eigenvalue weighted by Crippen LogP contribution is -2.58.